The zero-order chi connectivity index (χ0) is 22.0. The Morgan fingerprint density at radius 1 is 1.16 bits per heavy atom. The van der Waals surface area contributed by atoms with Crippen LogP contribution < -0.4 is 11.1 Å². The van der Waals surface area contributed by atoms with Crippen LogP contribution in [0.4, 0.5) is 5.82 Å². The van der Waals surface area contributed by atoms with E-state index in [1.165, 1.54) is 18.4 Å². The number of Topliss-reactive ketones (excluding diaryl/α,β-unsaturated/α-hetero) is 1. The number of aryl methyl sites for hydroxylation is 2. The van der Waals surface area contributed by atoms with Gasteiger partial charge in [0.05, 0.1) is 6.04 Å². The Kier molecular flexibility index (Phi) is 6.12. The smallest absolute Gasteiger partial charge is 0.223 e. The molecule has 1 amide bonds. The lowest BCUT2D eigenvalue weighted by molar-refractivity contribution is -0.129. The molecule has 5 nitrogen and oxygen atoms in total. The third-order valence-corrected chi connectivity index (χ3v) is 7.42. The molecule has 2 aliphatic rings. The number of nitrogens with two attached hydrogens (primary N) is 1. The van der Waals surface area contributed by atoms with E-state index in [4.69, 9.17) is 5.73 Å². The van der Waals surface area contributed by atoms with Gasteiger partial charge in [-0.1, -0.05) is 36.4 Å². The Balaban J connectivity index is 1.28. The first-order valence-electron chi connectivity index (χ1n) is 11.5. The predicted octanol–water partition coefficient (Wildman–Crippen LogP) is 4.13. The Labute approximate surface area is 184 Å². The third kappa shape index (κ3) is 4.65. The van der Waals surface area contributed by atoms with E-state index in [1.807, 2.05) is 13.0 Å². The van der Waals surface area contributed by atoms with E-state index in [1.54, 1.807) is 13.0 Å². The van der Waals surface area contributed by atoms with Crippen molar-refractivity contribution in [3.8, 4) is 0 Å². The molecule has 0 spiro atoms. The second-order valence-corrected chi connectivity index (χ2v) is 9.41. The van der Waals surface area contributed by atoms with E-state index in [9.17, 15) is 9.59 Å². The fourth-order valence-corrected chi connectivity index (χ4v) is 5.32. The average molecular weight is 420 g/mol. The Hall–Kier alpha value is -2.69. The molecule has 0 aliphatic heterocycles. The topological polar surface area (TPSA) is 85.1 Å². The molecule has 31 heavy (non-hydrogen) atoms. The summed E-state index contributed by atoms with van der Waals surface area (Å²) in [7, 11) is 0. The van der Waals surface area contributed by atoms with Crippen LogP contribution in [0.2, 0.25) is 0 Å². The number of amides is 1. The van der Waals surface area contributed by atoms with E-state index < -0.39 is 6.04 Å². The number of benzene rings is 1. The van der Waals surface area contributed by atoms with Gasteiger partial charge < -0.3 is 11.1 Å². The zero-order valence-corrected chi connectivity index (χ0v) is 18.6. The first-order chi connectivity index (χ1) is 14.9. The number of nitrogens with zero attached hydrogens (tertiary/aromatic N) is 1. The molecule has 2 aliphatic carbocycles. The SMILES string of the molecule is Cc1nc(N)ccc1CCC(=O)[C@H](C)NC(=O)[C@@H]1CC[C@@H](C2(c3ccccc3)CC2)C1. The van der Waals surface area contributed by atoms with Crippen LogP contribution in [0.1, 0.15) is 62.3 Å². The second kappa shape index (κ2) is 8.81. The Morgan fingerprint density at radius 2 is 1.90 bits per heavy atom. The number of hydrogen-bond acceptors (Lipinski definition) is 4. The molecule has 0 radical (unpaired) electrons. The number of anilines is 1. The number of pyridine rings is 1. The van der Waals surface area contributed by atoms with Gasteiger partial charge in [-0.2, -0.15) is 0 Å². The van der Waals surface area contributed by atoms with Crippen LogP contribution in [0.25, 0.3) is 0 Å². The minimum atomic E-state index is -0.461. The van der Waals surface area contributed by atoms with Crippen molar-refractivity contribution < 1.29 is 9.59 Å². The summed E-state index contributed by atoms with van der Waals surface area (Å²) in [4.78, 5) is 29.7. The van der Waals surface area contributed by atoms with Crippen molar-refractivity contribution in [1.29, 1.82) is 0 Å². The number of nitrogen functional groups attached to an aromatic ring is 1. The van der Waals surface area contributed by atoms with Crippen molar-refractivity contribution >= 4 is 17.5 Å². The van der Waals surface area contributed by atoms with Gasteiger partial charge in [-0.05, 0) is 80.9 Å². The number of carbonyl (C=O) groups excluding carboxylic acids is 2. The van der Waals surface area contributed by atoms with E-state index in [0.29, 0.717) is 24.6 Å². The highest BCUT2D eigenvalue weighted by Crippen LogP contribution is 2.59. The number of hydrogen-bond donors (Lipinski definition) is 2. The summed E-state index contributed by atoms with van der Waals surface area (Å²) in [6.45, 7) is 3.70. The molecule has 2 saturated carbocycles. The van der Waals surface area contributed by atoms with Gasteiger partial charge in [-0.25, -0.2) is 4.98 Å². The van der Waals surface area contributed by atoms with Gasteiger partial charge in [-0.15, -0.1) is 0 Å². The van der Waals surface area contributed by atoms with Crippen molar-refractivity contribution in [3.63, 3.8) is 0 Å². The first kappa shape index (κ1) is 21.5. The molecular weight excluding hydrogens is 386 g/mol. The average Bonchev–Trinajstić information content (AvgIpc) is 3.42. The number of rotatable bonds is 8. The molecule has 0 bridgehead atoms. The van der Waals surface area contributed by atoms with E-state index >= 15 is 0 Å². The van der Waals surface area contributed by atoms with Crippen LogP contribution in [0.5, 0.6) is 0 Å². The lowest BCUT2D eigenvalue weighted by Gasteiger charge is -2.24. The molecule has 2 aromatic rings. The summed E-state index contributed by atoms with van der Waals surface area (Å²) in [5.74, 6) is 1.17. The number of nitrogens with one attached hydrogen (secondary N) is 1. The maximum atomic E-state index is 12.9. The quantitative estimate of drug-likeness (QED) is 0.674. The minimum absolute atomic E-state index is 0.0185. The summed E-state index contributed by atoms with van der Waals surface area (Å²) < 4.78 is 0. The monoisotopic (exact) mass is 419 g/mol. The molecule has 1 heterocycles. The second-order valence-electron chi connectivity index (χ2n) is 9.41. The van der Waals surface area contributed by atoms with Gasteiger partial charge in [0.2, 0.25) is 5.91 Å². The van der Waals surface area contributed by atoms with Crippen LogP contribution in [0.3, 0.4) is 0 Å². The maximum Gasteiger partial charge on any atom is 0.223 e. The van der Waals surface area contributed by atoms with E-state index in [0.717, 1.165) is 30.5 Å². The van der Waals surface area contributed by atoms with Crippen LogP contribution in [-0.4, -0.2) is 22.7 Å². The largest absolute Gasteiger partial charge is 0.384 e. The van der Waals surface area contributed by atoms with Crippen LogP contribution in [-0.2, 0) is 21.4 Å². The molecule has 1 aromatic heterocycles. The van der Waals surface area contributed by atoms with Gasteiger partial charge in [0.25, 0.3) is 0 Å². The molecule has 2 fully saturated rings. The Morgan fingerprint density at radius 3 is 2.58 bits per heavy atom. The predicted molar refractivity (Wildman–Crippen MR) is 123 cm³/mol. The molecule has 5 heteroatoms. The standard InChI is InChI=1S/C26H33N3O2/c1-17-19(10-13-24(27)28-17)9-12-23(30)18(2)29-25(31)20-8-11-22(16-20)26(14-15-26)21-6-4-3-5-7-21/h3-7,10,13,18,20,22H,8-9,11-12,14-16H2,1-2H3,(H2,27,28)(H,29,31)/t18-,20+,22+/m0/s1. The fourth-order valence-electron chi connectivity index (χ4n) is 5.32. The molecule has 0 unspecified atom stereocenters. The highest BCUT2D eigenvalue weighted by atomic mass is 16.2. The third-order valence-electron chi connectivity index (χ3n) is 7.42. The van der Waals surface area contributed by atoms with Gasteiger partial charge in [0, 0.05) is 18.0 Å². The summed E-state index contributed by atoms with van der Waals surface area (Å²) in [6.07, 6.45) is 6.40. The van der Waals surface area contributed by atoms with Crippen LogP contribution in [0, 0.1) is 18.8 Å². The van der Waals surface area contributed by atoms with Gasteiger partial charge in [0.1, 0.15) is 5.82 Å². The van der Waals surface area contributed by atoms with Gasteiger partial charge >= 0.3 is 0 Å². The molecule has 1 aromatic carbocycles. The lowest BCUT2D eigenvalue weighted by atomic mass is 9.81. The first-order valence-corrected chi connectivity index (χ1v) is 11.5. The minimum Gasteiger partial charge on any atom is -0.384 e. The zero-order valence-electron chi connectivity index (χ0n) is 18.6. The van der Waals surface area contributed by atoms with Crippen molar-refractivity contribution in [2.45, 2.75) is 70.3 Å². The van der Waals surface area contributed by atoms with E-state index in [2.05, 4.69) is 40.6 Å². The maximum absolute atomic E-state index is 12.9. The highest BCUT2D eigenvalue weighted by molar-refractivity contribution is 5.89. The molecular formula is C26H33N3O2. The molecule has 0 saturated heterocycles. The van der Waals surface area contributed by atoms with Gasteiger partial charge in [0.15, 0.2) is 5.78 Å². The summed E-state index contributed by atoms with van der Waals surface area (Å²) >= 11 is 0. The number of ketones is 1. The van der Waals surface area contributed by atoms with Crippen molar-refractivity contribution in [3.05, 3.63) is 59.3 Å². The van der Waals surface area contributed by atoms with Gasteiger partial charge in [-0.3, -0.25) is 9.59 Å². The normalized spacial score (nSPS) is 22.6. The van der Waals surface area contributed by atoms with Crippen LogP contribution in [0.15, 0.2) is 42.5 Å². The Bertz CT molecular complexity index is 952. The lowest BCUT2D eigenvalue weighted by Crippen LogP contribution is -2.41. The molecule has 4 rings (SSSR count). The summed E-state index contributed by atoms with van der Waals surface area (Å²) in [5.41, 5.74) is 9.28. The molecule has 164 valence electrons. The number of aromatic nitrogens is 1. The summed E-state index contributed by atoms with van der Waals surface area (Å²) in [6, 6.07) is 14.0. The number of carbonyl (C=O) groups is 2. The summed E-state index contributed by atoms with van der Waals surface area (Å²) in [5, 5.41) is 2.99. The van der Waals surface area contributed by atoms with E-state index in [-0.39, 0.29) is 23.0 Å². The molecule has 3 N–H and O–H groups in total. The van der Waals surface area contributed by atoms with Crippen molar-refractivity contribution in [2.75, 3.05) is 5.73 Å². The fraction of sp³-hybridized carbons (Fsp3) is 0.500. The highest BCUT2D eigenvalue weighted by Gasteiger charge is 2.52. The van der Waals surface area contributed by atoms with Crippen molar-refractivity contribution in [2.24, 2.45) is 11.8 Å². The molecule has 3 atom stereocenters. The van der Waals surface area contributed by atoms with Crippen molar-refractivity contribution in [1.82, 2.24) is 10.3 Å². The van der Waals surface area contributed by atoms with Crippen LogP contribution >= 0.6 is 0 Å².